The average molecular weight is 821 g/mol. The average Bonchev–Trinajstić information content (AvgIpc) is 3.25. The van der Waals surface area contributed by atoms with Crippen molar-refractivity contribution in [2.75, 3.05) is 0 Å². The van der Waals surface area contributed by atoms with E-state index in [9.17, 15) is 0 Å². The quantitative estimate of drug-likeness (QED) is 0.0952. The molecule has 0 fully saturated rings. The zero-order valence-electron chi connectivity index (χ0n) is 31.6. The van der Waals surface area contributed by atoms with E-state index in [4.69, 9.17) is 0 Å². The Kier molecular flexibility index (Phi) is 11.2. The molecule has 7 aromatic rings. The summed E-state index contributed by atoms with van der Waals surface area (Å²) in [7, 11) is 0. The monoisotopic (exact) mass is 820 g/mol. The number of benzene rings is 7. The van der Waals surface area contributed by atoms with Gasteiger partial charge in [0.1, 0.15) is 0 Å². The highest BCUT2D eigenvalue weighted by Gasteiger charge is 2.20. The lowest BCUT2D eigenvalue weighted by Gasteiger charge is -2.22. The number of rotatable bonds is 10. The first-order valence-electron chi connectivity index (χ1n) is 19.5. The van der Waals surface area contributed by atoms with E-state index in [-0.39, 0.29) is 5.92 Å². The summed E-state index contributed by atoms with van der Waals surface area (Å²) >= 11 is 2.41. The Labute approximate surface area is 340 Å². The number of allylic oxidation sites excluding steroid dienone is 8. The predicted octanol–water partition coefficient (Wildman–Crippen LogP) is 15.7. The van der Waals surface area contributed by atoms with Crippen LogP contribution in [0.3, 0.4) is 0 Å². The van der Waals surface area contributed by atoms with Crippen molar-refractivity contribution >= 4 is 55.3 Å². The van der Waals surface area contributed by atoms with Crippen molar-refractivity contribution in [1.29, 1.82) is 0 Å². The van der Waals surface area contributed by atoms with E-state index in [0.29, 0.717) is 0 Å². The van der Waals surface area contributed by atoms with E-state index < -0.39 is 0 Å². The number of hydrogen-bond acceptors (Lipinski definition) is 0. The largest absolute Gasteiger partial charge is 0.0842 e. The molecular formula is C54H45I. The van der Waals surface area contributed by atoms with Gasteiger partial charge in [-0.25, -0.2) is 0 Å². The molecule has 0 saturated carbocycles. The van der Waals surface area contributed by atoms with Crippen LogP contribution in [-0.2, 0) is 6.42 Å². The fourth-order valence-corrected chi connectivity index (χ4v) is 8.92. The van der Waals surface area contributed by atoms with E-state index in [1.54, 1.807) is 0 Å². The normalized spacial score (nSPS) is 14.7. The predicted molar refractivity (Wildman–Crippen MR) is 248 cm³/mol. The summed E-state index contributed by atoms with van der Waals surface area (Å²) in [6.45, 7) is 4.39. The van der Waals surface area contributed by atoms with Crippen LogP contribution in [0.2, 0.25) is 0 Å². The van der Waals surface area contributed by atoms with Gasteiger partial charge in [0, 0.05) is 5.92 Å². The molecule has 0 radical (unpaired) electrons. The van der Waals surface area contributed by atoms with E-state index in [2.05, 4.69) is 229 Å². The first-order valence-corrected chi connectivity index (χ1v) is 20.7. The first-order chi connectivity index (χ1) is 27.2. The van der Waals surface area contributed by atoms with E-state index in [1.165, 1.54) is 88.3 Å². The van der Waals surface area contributed by atoms with Crippen LogP contribution in [-0.4, -0.2) is 0 Å². The van der Waals surface area contributed by atoms with Gasteiger partial charge in [0.05, 0.1) is 0 Å². The van der Waals surface area contributed by atoms with Gasteiger partial charge < -0.3 is 0 Å². The molecule has 0 N–H and O–H groups in total. The minimum absolute atomic E-state index is 0.289. The maximum Gasteiger partial charge on any atom is 0.00619 e. The zero-order chi connectivity index (χ0) is 37.6. The maximum atomic E-state index is 2.50. The van der Waals surface area contributed by atoms with Gasteiger partial charge in [-0.05, 0) is 131 Å². The molecule has 0 saturated heterocycles. The van der Waals surface area contributed by atoms with Gasteiger partial charge in [-0.15, -0.1) is 0 Å². The van der Waals surface area contributed by atoms with Crippen molar-refractivity contribution in [3.8, 4) is 22.3 Å². The lowest BCUT2D eigenvalue weighted by Crippen LogP contribution is -2.03. The molecule has 1 aliphatic carbocycles. The minimum Gasteiger partial charge on any atom is -0.0842 e. The van der Waals surface area contributed by atoms with Crippen molar-refractivity contribution in [2.24, 2.45) is 0 Å². The van der Waals surface area contributed by atoms with Crippen LogP contribution < -0.4 is 0 Å². The molecule has 0 aromatic heterocycles. The van der Waals surface area contributed by atoms with Crippen LogP contribution in [0.5, 0.6) is 0 Å². The number of halogens is 1. The molecular weight excluding hydrogens is 775 g/mol. The van der Waals surface area contributed by atoms with Crippen molar-refractivity contribution in [2.45, 2.75) is 39.0 Å². The van der Waals surface area contributed by atoms with Gasteiger partial charge in [0.2, 0.25) is 0 Å². The summed E-state index contributed by atoms with van der Waals surface area (Å²) in [5.74, 6) is 0.289. The van der Waals surface area contributed by atoms with Crippen LogP contribution in [0.15, 0.2) is 192 Å². The fraction of sp³-hybridized carbons (Fsp3) is 0.111. The molecule has 0 amide bonds. The van der Waals surface area contributed by atoms with Crippen molar-refractivity contribution in [1.82, 2.24) is 0 Å². The zero-order valence-corrected chi connectivity index (χ0v) is 33.7. The second kappa shape index (κ2) is 16.9. The van der Waals surface area contributed by atoms with Gasteiger partial charge in [-0.3, -0.25) is 0 Å². The van der Waals surface area contributed by atoms with Gasteiger partial charge in [0.15, 0.2) is 0 Å². The topological polar surface area (TPSA) is 0 Å². The van der Waals surface area contributed by atoms with E-state index in [0.717, 1.165) is 19.3 Å². The summed E-state index contributed by atoms with van der Waals surface area (Å²) in [6, 6.07) is 53.9. The smallest absolute Gasteiger partial charge is 0.00619 e. The van der Waals surface area contributed by atoms with Gasteiger partial charge in [0.25, 0.3) is 0 Å². The Morgan fingerprint density at radius 2 is 1.35 bits per heavy atom. The fourth-order valence-electron chi connectivity index (χ4n) is 8.23. The third-order valence-corrected chi connectivity index (χ3v) is 11.5. The highest BCUT2D eigenvalue weighted by molar-refractivity contribution is 14.1. The van der Waals surface area contributed by atoms with Crippen LogP contribution in [0.4, 0.5) is 0 Å². The standard InChI is InChI=1S/C54H45I/c1-3-5-19-39(4-2)51-35-44(47-31-30-46(40-20-9-6-10-21-40)48-28-17-18-29-49(47)48)36-53-50(41-22-11-7-12-23-41)33-38(34-52(51)53)32-43-26-15-16-27-45(43)54(37-55)42-24-13-8-14-25-42/h4-22,24-31,33-37,41H,3,23,32H2,1-2H3/b19-5-,39-4+,54-37-. The first kappa shape index (κ1) is 36.5. The molecule has 0 aliphatic heterocycles. The molecule has 7 aromatic carbocycles. The lowest BCUT2D eigenvalue weighted by molar-refractivity contribution is 0.859. The van der Waals surface area contributed by atoms with Crippen LogP contribution >= 0.6 is 22.6 Å². The molecule has 0 heterocycles. The highest BCUT2D eigenvalue weighted by atomic mass is 127. The van der Waals surface area contributed by atoms with Crippen molar-refractivity contribution in [3.63, 3.8) is 0 Å². The summed E-state index contributed by atoms with van der Waals surface area (Å²) < 4.78 is 2.23. The van der Waals surface area contributed by atoms with Crippen molar-refractivity contribution in [3.05, 3.63) is 226 Å². The molecule has 0 spiro atoms. The molecule has 1 heteroatoms. The second-order valence-electron chi connectivity index (χ2n) is 14.3. The third-order valence-electron chi connectivity index (χ3n) is 10.9. The van der Waals surface area contributed by atoms with Gasteiger partial charge in [-0.2, -0.15) is 0 Å². The molecule has 268 valence electrons. The molecule has 0 bridgehead atoms. The van der Waals surface area contributed by atoms with Crippen molar-refractivity contribution < 1.29 is 0 Å². The maximum absolute atomic E-state index is 2.50. The molecule has 8 rings (SSSR count). The Hall–Kier alpha value is -5.51. The Balaban J connectivity index is 1.36. The SMILES string of the molecule is C/C=C(\C=C/CC)c1cc(-c2ccc(-c3ccccc3)c3ccccc23)cc2c(C3C=CC=CC3)cc(Cc3ccccc3/C(=C\I)c3ccccc3)cc12. The number of fused-ring (bicyclic) bond motifs is 2. The summed E-state index contributed by atoms with van der Waals surface area (Å²) in [6.07, 6.45) is 18.8. The lowest BCUT2D eigenvalue weighted by atomic mass is 9.82. The molecule has 1 atom stereocenters. The van der Waals surface area contributed by atoms with E-state index >= 15 is 0 Å². The molecule has 55 heavy (non-hydrogen) atoms. The van der Waals surface area contributed by atoms with Gasteiger partial charge in [-0.1, -0.05) is 206 Å². The van der Waals surface area contributed by atoms with Crippen LogP contribution in [0, 0.1) is 0 Å². The summed E-state index contributed by atoms with van der Waals surface area (Å²) in [4.78, 5) is 0. The molecule has 1 unspecified atom stereocenters. The third kappa shape index (κ3) is 7.59. The van der Waals surface area contributed by atoms with Crippen LogP contribution in [0.25, 0.3) is 54.9 Å². The Bertz CT molecular complexity index is 2630. The molecule has 1 aliphatic rings. The molecule has 0 nitrogen and oxygen atoms in total. The second-order valence-corrected chi connectivity index (χ2v) is 14.9. The Morgan fingerprint density at radius 1 is 0.655 bits per heavy atom. The minimum atomic E-state index is 0.289. The Morgan fingerprint density at radius 3 is 2.04 bits per heavy atom. The van der Waals surface area contributed by atoms with Gasteiger partial charge >= 0.3 is 0 Å². The van der Waals surface area contributed by atoms with Crippen LogP contribution in [0.1, 0.15) is 66.0 Å². The summed E-state index contributed by atoms with van der Waals surface area (Å²) in [5, 5.41) is 5.18. The highest BCUT2D eigenvalue weighted by Crippen LogP contribution is 2.42. The number of hydrogen-bond donors (Lipinski definition) is 0. The summed E-state index contributed by atoms with van der Waals surface area (Å²) in [5.41, 5.74) is 15.4. The van der Waals surface area contributed by atoms with E-state index in [1.807, 2.05) is 0 Å².